The first-order valence-electron chi connectivity index (χ1n) is 21.4. The van der Waals surface area contributed by atoms with E-state index in [4.69, 9.17) is 18.9 Å². The smallest absolute Gasteiger partial charge is 0.306 e. The van der Waals surface area contributed by atoms with Gasteiger partial charge in [0, 0.05) is 13.0 Å². The quantitative estimate of drug-likeness (QED) is 0.0282. The van der Waals surface area contributed by atoms with E-state index in [0.717, 1.165) is 38.5 Å². The summed E-state index contributed by atoms with van der Waals surface area (Å²) in [6.45, 7) is 4.50. The lowest BCUT2D eigenvalue weighted by Gasteiger charge is -2.39. The molecule has 306 valence electrons. The number of hydrogen-bond donors (Lipinski definition) is 4. The number of aliphatic hydroxyl groups excluding tert-OH is 4. The summed E-state index contributed by atoms with van der Waals surface area (Å²) in [5.74, 6) is -0.321. The summed E-state index contributed by atoms with van der Waals surface area (Å²) in [4.78, 5) is 12.6. The fraction of sp³-hybridized carbons (Fsp3) is 0.884. The number of unbranched alkanes of at least 4 members (excludes halogenated alkanes) is 21. The van der Waals surface area contributed by atoms with Gasteiger partial charge in [-0.1, -0.05) is 154 Å². The van der Waals surface area contributed by atoms with Gasteiger partial charge in [0.2, 0.25) is 0 Å². The SMILES string of the molecule is CCCCCCC/C=C\C/C=C\CCCCCCCCCCCCOCC(COC1OC(CO)C(O)C(O)C1O)OC(=O)CCCCCCCCC. The highest BCUT2D eigenvalue weighted by molar-refractivity contribution is 5.69. The molecule has 6 atom stereocenters. The standard InChI is InChI=1S/C43H80O9/c1-3-5-7-9-11-12-13-14-15-16-17-18-19-20-21-22-23-24-25-27-29-31-33-49-35-37(51-39(45)32-30-28-26-10-8-6-4-2)36-50-43-42(48)41(47)40(46)38(34-44)52-43/h13-14,16-17,37-38,40-44,46-48H,3-12,15,18-36H2,1-2H3/b14-13-,17-16-. The van der Waals surface area contributed by atoms with E-state index in [-0.39, 0.29) is 19.2 Å². The molecule has 0 radical (unpaired) electrons. The van der Waals surface area contributed by atoms with Crippen molar-refractivity contribution in [3.05, 3.63) is 24.3 Å². The maximum absolute atomic E-state index is 12.6. The van der Waals surface area contributed by atoms with E-state index in [1.807, 2.05) is 0 Å². The average molecular weight is 741 g/mol. The minimum Gasteiger partial charge on any atom is -0.457 e. The Balaban J connectivity index is 2.17. The predicted molar refractivity (Wildman–Crippen MR) is 210 cm³/mol. The van der Waals surface area contributed by atoms with E-state index in [9.17, 15) is 25.2 Å². The lowest BCUT2D eigenvalue weighted by atomic mass is 9.99. The van der Waals surface area contributed by atoms with Gasteiger partial charge in [-0.25, -0.2) is 0 Å². The highest BCUT2D eigenvalue weighted by Gasteiger charge is 2.44. The van der Waals surface area contributed by atoms with Gasteiger partial charge in [0.1, 0.15) is 30.5 Å². The topological polar surface area (TPSA) is 135 Å². The van der Waals surface area contributed by atoms with Crippen LogP contribution in [0, 0.1) is 0 Å². The molecule has 1 aliphatic rings. The van der Waals surface area contributed by atoms with Crippen LogP contribution in [0.2, 0.25) is 0 Å². The first-order chi connectivity index (χ1) is 25.4. The van der Waals surface area contributed by atoms with Crippen LogP contribution in [0.5, 0.6) is 0 Å². The zero-order valence-electron chi connectivity index (χ0n) is 33.3. The summed E-state index contributed by atoms with van der Waals surface area (Å²) >= 11 is 0. The molecule has 1 saturated heterocycles. The lowest BCUT2D eigenvalue weighted by molar-refractivity contribution is -0.305. The molecule has 0 bridgehead atoms. The summed E-state index contributed by atoms with van der Waals surface area (Å²) in [5, 5.41) is 39.9. The summed E-state index contributed by atoms with van der Waals surface area (Å²) in [6.07, 6.45) is 32.3. The van der Waals surface area contributed by atoms with E-state index in [2.05, 4.69) is 38.2 Å². The molecule has 0 aromatic rings. The fourth-order valence-corrected chi connectivity index (χ4v) is 6.46. The Morgan fingerprint density at radius 2 is 1.12 bits per heavy atom. The summed E-state index contributed by atoms with van der Waals surface area (Å²) in [5.41, 5.74) is 0. The summed E-state index contributed by atoms with van der Waals surface area (Å²) in [7, 11) is 0. The van der Waals surface area contributed by atoms with Crippen LogP contribution in [-0.2, 0) is 23.7 Å². The van der Waals surface area contributed by atoms with Gasteiger partial charge in [-0.2, -0.15) is 0 Å². The van der Waals surface area contributed by atoms with Crippen molar-refractivity contribution in [2.24, 2.45) is 0 Å². The van der Waals surface area contributed by atoms with Crippen LogP contribution in [0.3, 0.4) is 0 Å². The van der Waals surface area contributed by atoms with Crippen LogP contribution in [-0.4, -0.2) is 89.6 Å². The van der Waals surface area contributed by atoms with Gasteiger partial charge < -0.3 is 39.4 Å². The van der Waals surface area contributed by atoms with Crippen molar-refractivity contribution in [2.75, 3.05) is 26.4 Å². The van der Waals surface area contributed by atoms with Crippen molar-refractivity contribution in [2.45, 2.75) is 218 Å². The molecule has 0 aromatic heterocycles. The van der Waals surface area contributed by atoms with Crippen molar-refractivity contribution in [3.63, 3.8) is 0 Å². The molecule has 0 aromatic carbocycles. The van der Waals surface area contributed by atoms with Gasteiger partial charge in [0.05, 0.1) is 19.8 Å². The van der Waals surface area contributed by atoms with Crippen LogP contribution >= 0.6 is 0 Å². The molecule has 0 saturated carbocycles. The second-order valence-electron chi connectivity index (χ2n) is 14.8. The maximum Gasteiger partial charge on any atom is 0.306 e. The van der Waals surface area contributed by atoms with Crippen LogP contribution in [0.15, 0.2) is 24.3 Å². The Morgan fingerprint density at radius 1 is 0.615 bits per heavy atom. The first-order valence-corrected chi connectivity index (χ1v) is 21.4. The molecule has 9 nitrogen and oxygen atoms in total. The lowest BCUT2D eigenvalue weighted by Crippen LogP contribution is -2.59. The van der Waals surface area contributed by atoms with Gasteiger partial charge in [-0.15, -0.1) is 0 Å². The summed E-state index contributed by atoms with van der Waals surface area (Å²) in [6, 6.07) is 0. The Kier molecular flexibility index (Phi) is 33.1. The second-order valence-corrected chi connectivity index (χ2v) is 14.8. The number of aliphatic hydroxyl groups is 4. The number of ether oxygens (including phenoxy) is 4. The Labute approximate surface area is 317 Å². The average Bonchev–Trinajstić information content (AvgIpc) is 3.14. The molecule has 0 aliphatic carbocycles. The molecular formula is C43H80O9. The third-order valence-electron chi connectivity index (χ3n) is 9.87. The van der Waals surface area contributed by atoms with Crippen molar-refractivity contribution in [3.8, 4) is 0 Å². The minimum atomic E-state index is -1.53. The fourth-order valence-electron chi connectivity index (χ4n) is 6.46. The zero-order valence-corrected chi connectivity index (χ0v) is 33.3. The molecule has 1 rings (SSSR count). The number of allylic oxidation sites excluding steroid dienone is 4. The molecule has 52 heavy (non-hydrogen) atoms. The monoisotopic (exact) mass is 741 g/mol. The van der Waals surface area contributed by atoms with Gasteiger partial charge in [-0.3, -0.25) is 4.79 Å². The number of esters is 1. The van der Waals surface area contributed by atoms with Gasteiger partial charge >= 0.3 is 5.97 Å². The maximum atomic E-state index is 12.6. The number of rotatable bonds is 36. The Bertz CT molecular complexity index is 848. The van der Waals surface area contributed by atoms with E-state index >= 15 is 0 Å². The number of carbonyl (C=O) groups excluding carboxylic acids is 1. The van der Waals surface area contributed by atoms with Crippen LogP contribution in [0.1, 0.15) is 181 Å². The van der Waals surface area contributed by atoms with Gasteiger partial charge in [0.25, 0.3) is 0 Å². The highest BCUT2D eigenvalue weighted by atomic mass is 16.7. The number of hydrogen-bond acceptors (Lipinski definition) is 9. The predicted octanol–water partition coefficient (Wildman–Crippen LogP) is 9.03. The van der Waals surface area contributed by atoms with Gasteiger partial charge in [0.15, 0.2) is 6.29 Å². The van der Waals surface area contributed by atoms with Crippen LogP contribution < -0.4 is 0 Å². The third kappa shape index (κ3) is 26.4. The molecule has 9 heteroatoms. The van der Waals surface area contributed by atoms with E-state index in [1.54, 1.807) is 0 Å². The minimum absolute atomic E-state index is 0.112. The van der Waals surface area contributed by atoms with Gasteiger partial charge in [-0.05, 0) is 44.9 Å². The molecule has 1 heterocycles. The Morgan fingerprint density at radius 3 is 1.65 bits per heavy atom. The van der Waals surface area contributed by atoms with Crippen molar-refractivity contribution < 1.29 is 44.2 Å². The zero-order chi connectivity index (χ0) is 37.9. The number of carbonyl (C=O) groups is 1. The molecule has 0 spiro atoms. The summed E-state index contributed by atoms with van der Waals surface area (Å²) < 4.78 is 22.7. The van der Waals surface area contributed by atoms with Crippen molar-refractivity contribution in [1.29, 1.82) is 0 Å². The molecule has 1 fully saturated rings. The van der Waals surface area contributed by atoms with E-state index in [1.165, 1.54) is 122 Å². The molecule has 4 N–H and O–H groups in total. The second kappa shape index (κ2) is 35.4. The molecule has 1 aliphatic heterocycles. The van der Waals surface area contributed by atoms with Crippen LogP contribution in [0.25, 0.3) is 0 Å². The molecule has 6 unspecified atom stereocenters. The largest absolute Gasteiger partial charge is 0.457 e. The first kappa shape index (κ1) is 48.7. The Hall–Kier alpha value is -1.33. The normalized spacial score (nSPS) is 21.4. The van der Waals surface area contributed by atoms with Crippen molar-refractivity contribution in [1.82, 2.24) is 0 Å². The van der Waals surface area contributed by atoms with Crippen molar-refractivity contribution >= 4 is 5.97 Å². The van der Waals surface area contributed by atoms with Crippen LogP contribution in [0.4, 0.5) is 0 Å². The highest BCUT2D eigenvalue weighted by Crippen LogP contribution is 2.22. The molecule has 0 amide bonds. The van der Waals surface area contributed by atoms with E-state index < -0.39 is 43.4 Å². The third-order valence-corrected chi connectivity index (χ3v) is 9.87. The molecular weight excluding hydrogens is 660 g/mol. The van der Waals surface area contributed by atoms with E-state index in [0.29, 0.717) is 13.0 Å².